The number of methoxy groups -OCH3 is 1. The number of nitrogens with zero attached hydrogens (tertiary/aromatic N) is 4. The summed E-state index contributed by atoms with van der Waals surface area (Å²) in [6.45, 7) is 8.77. The molecule has 39 heavy (non-hydrogen) atoms. The number of aromatic nitrogens is 4. The minimum atomic E-state index is -2.39. The van der Waals surface area contributed by atoms with E-state index in [1.54, 1.807) is 26.6 Å². The van der Waals surface area contributed by atoms with E-state index < -0.39 is 7.14 Å². The highest BCUT2D eigenvalue weighted by molar-refractivity contribution is 7.69. The second-order valence-corrected chi connectivity index (χ2v) is 13.2. The Bertz CT molecular complexity index is 1650. The van der Waals surface area contributed by atoms with Gasteiger partial charge in [-0.15, -0.1) is 0 Å². The van der Waals surface area contributed by atoms with Crippen molar-refractivity contribution in [1.29, 1.82) is 0 Å². The number of rotatable bonds is 9. The lowest BCUT2D eigenvalue weighted by molar-refractivity contribution is 0.303. The maximum absolute atomic E-state index is 12.3. The van der Waals surface area contributed by atoms with Crippen molar-refractivity contribution in [3.63, 3.8) is 0 Å². The van der Waals surface area contributed by atoms with E-state index in [0.717, 1.165) is 57.2 Å². The van der Waals surface area contributed by atoms with Crippen molar-refractivity contribution in [3.05, 3.63) is 95.6 Å². The lowest BCUT2D eigenvalue weighted by atomic mass is 10.1. The molecule has 0 spiro atoms. The van der Waals surface area contributed by atoms with Crippen LogP contribution in [0.5, 0.6) is 11.5 Å². The van der Waals surface area contributed by atoms with Crippen molar-refractivity contribution >= 4 is 23.7 Å². The molecule has 200 valence electrons. The van der Waals surface area contributed by atoms with Gasteiger partial charge in [0.25, 0.3) is 0 Å². The molecule has 8 heteroatoms. The number of ether oxygens (including phenoxy) is 2. The quantitative estimate of drug-likeness (QED) is 0.206. The van der Waals surface area contributed by atoms with E-state index in [9.17, 15) is 4.57 Å². The zero-order valence-corrected chi connectivity index (χ0v) is 23.9. The first-order valence-electron chi connectivity index (χ1n) is 13.0. The monoisotopic (exact) mass is 540 g/mol. The van der Waals surface area contributed by atoms with Crippen LogP contribution >= 0.6 is 7.14 Å². The van der Waals surface area contributed by atoms with Crippen LogP contribution in [0.25, 0.3) is 22.3 Å². The summed E-state index contributed by atoms with van der Waals surface area (Å²) in [5.41, 5.74) is 7.58. The second-order valence-electron chi connectivity index (χ2n) is 10.0. The fraction of sp³-hybridized carbons (Fsp3) is 0.258. The molecule has 2 aromatic carbocycles. The molecule has 0 saturated heterocycles. The maximum Gasteiger partial charge on any atom is 0.160 e. The van der Waals surface area contributed by atoms with Crippen LogP contribution in [0, 0.1) is 6.92 Å². The van der Waals surface area contributed by atoms with Crippen LogP contribution in [0.2, 0.25) is 0 Å². The van der Waals surface area contributed by atoms with Gasteiger partial charge >= 0.3 is 0 Å². The SMILES string of the molecule is CCc1cc(Cn2c(C)nc3cc(-c4ccc(P(C)(C)=O)nc4)cnc32)ccc1OCc1ccc(OC)cc1. The summed E-state index contributed by atoms with van der Waals surface area (Å²) in [6, 6.07) is 20.1. The molecule has 0 bridgehead atoms. The molecule has 3 aromatic heterocycles. The number of aryl methyl sites for hydroxylation is 2. The van der Waals surface area contributed by atoms with Gasteiger partial charge in [0, 0.05) is 23.5 Å². The average Bonchev–Trinajstić information content (AvgIpc) is 3.25. The van der Waals surface area contributed by atoms with Gasteiger partial charge in [-0.3, -0.25) is 4.98 Å². The number of hydrogen-bond acceptors (Lipinski definition) is 6. The van der Waals surface area contributed by atoms with E-state index >= 15 is 0 Å². The molecule has 3 heterocycles. The minimum absolute atomic E-state index is 0.502. The topological polar surface area (TPSA) is 79.1 Å². The van der Waals surface area contributed by atoms with Crippen molar-refractivity contribution < 1.29 is 14.0 Å². The normalized spacial score (nSPS) is 11.6. The third kappa shape index (κ3) is 5.89. The molecule has 0 atom stereocenters. The number of fused-ring (bicyclic) bond motifs is 1. The fourth-order valence-electron chi connectivity index (χ4n) is 4.56. The summed E-state index contributed by atoms with van der Waals surface area (Å²) in [5, 5.41) is 0. The van der Waals surface area contributed by atoms with Crippen molar-refractivity contribution in [3.8, 4) is 22.6 Å². The van der Waals surface area contributed by atoms with Gasteiger partial charge < -0.3 is 18.6 Å². The van der Waals surface area contributed by atoms with Crippen LogP contribution in [0.1, 0.15) is 29.4 Å². The summed E-state index contributed by atoms with van der Waals surface area (Å²) in [5.74, 6) is 2.63. The molecule has 0 unspecified atom stereocenters. The van der Waals surface area contributed by atoms with E-state index in [0.29, 0.717) is 18.6 Å². The second kappa shape index (κ2) is 11.0. The van der Waals surface area contributed by atoms with E-state index in [4.69, 9.17) is 19.4 Å². The average molecular weight is 541 g/mol. The predicted octanol–water partition coefficient (Wildman–Crippen LogP) is 6.25. The largest absolute Gasteiger partial charge is 0.497 e. The van der Waals surface area contributed by atoms with Crippen LogP contribution in [-0.2, 0) is 24.1 Å². The van der Waals surface area contributed by atoms with Gasteiger partial charge in [0.15, 0.2) is 5.65 Å². The smallest absolute Gasteiger partial charge is 0.160 e. The highest BCUT2D eigenvalue weighted by Crippen LogP contribution is 2.34. The van der Waals surface area contributed by atoms with Gasteiger partial charge in [-0.25, -0.2) is 9.97 Å². The Balaban J connectivity index is 1.34. The van der Waals surface area contributed by atoms with Crippen molar-refractivity contribution in [1.82, 2.24) is 19.5 Å². The van der Waals surface area contributed by atoms with Gasteiger partial charge in [0.05, 0.1) is 19.1 Å². The third-order valence-electron chi connectivity index (χ3n) is 6.81. The molecule has 5 rings (SSSR count). The first kappa shape index (κ1) is 26.6. The number of imidazole rings is 1. The molecule has 0 N–H and O–H groups in total. The van der Waals surface area contributed by atoms with E-state index in [1.165, 1.54) is 5.56 Å². The summed E-state index contributed by atoms with van der Waals surface area (Å²) in [6.07, 6.45) is 4.48. The van der Waals surface area contributed by atoms with Gasteiger partial charge in [-0.05, 0) is 73.7 Å². The van der Waals surface area contributed by atoms with Crippen LogP contribution in [0.15, 0.2) is 73.1 Å². The molecule has 0 saturated carbocycles. The molecule has 0 radical (unpaired) electrons. The summed E-state index contributed by atoms with van der Waals surface area (Å²) in [4.78, 5) is 14.0. The molecule has 0 aliphatic heterocycles. The summed E-state index contributed by atoms with van der Waals surface area (Å²) in [7, 11) is -0.725. The van der Waals surface area contributed by atoms with Crippen molar-refractivity contribution in [2.45, 2.75) is 33.4 Å². The number of hydrogen-bond donors (Lipinski definition) is 0. The third-order valence-corrected chi connectivity index (χ3v) is 8.18. The highest BCUT2D eigenvalue weighted by Gasteiger charge is 2.15. The van der Waals surface area contributed by atoms with Crippen LogP contribution in [0.4, 0.5) is 0 Å². The predicted molar refractivity (Wildman–Crippen MR) is 157 cm³/mol. The Kier molecular flexibility index (Phi) is 7.53. The van der Waals surface area contributed by atoms with Crippen LogP contribution < -0.4 is 14.9 Å². The zero-order chi connectivity index (χ0) is 27.6. The molecule has 7 nitrogen and oxygen atoms in total. The molecule has 0 aliphatic rings. The Morgan fingerprint density at radius 3 is 2.31 bits per heavy atom. The Hall–Kier alpha value is -3.96. The number of pyridine rings is 2. The van der Waals surface area contributed by atoms with Crippen molar-refractivity contribution in [2.24, 2.45) is 0 Å². The van der Waals surface area contributed by atoms with Gasteiger partial charge in [-0.2, -0.15) is 0 Å². The first-order chi connectivity index (χ1) is 18.7. The molecular formula is C31H33N4O3P. The highest BCUT2D eigenvalue weighted by atomic mass is 31.2. The van der Waals surface area contributed by atoms with E-state index in [2.05, 4.69) is 34.7 Å². The molecule has 0 aliphatic carbocycles. The standard InChI is InChI=1S/C31H33N4O3P/c1-6-24-15-23(9-13-29(24)38-20-22-7-11-27(37-3)12-8-22)19-35-21(2)34-28-16-26(18-33-31(28)35)25-10-14-30(32-17-25)39(4,5)36/h7-18H,6,19-20H2,1-5H3. The lowest BCUT2D eigenvalue weighted by Crippen LogP contribution is -2.07. The fourth-order valence-corrected chi connectivity index (χ4v) is 5.33. The molecule has 0 fully saturated rings. The van der Waals surface area contributed by atoms with Crippen molar-refractivity contribution in [2.75, 3.05) is 20.4 Å². The Morgan fingerprint density at radius 1 is 0.897 bits per heavy atom. The first-order valence-corrected chi connectivity index (χ1v) is 15.6. The molecule has 0 amide bonds. The Morgan fingerprint density at radius 2 is 1.64 bits per heavy atom. The number of benzene rings is 2. The maximum atomic E-state index is 12.3. The van der Waals surface area contributed by atoms with Crippen LogP contribution in [0.3, 0.4) is 0 Å². The zero-order valence-electron chi connectivity index (χ0n) is 23.0. The van der Waals surface area contributed by atoms with Gasteiger partial charge in [-0.1, -0.05) is 37.3 Å². The summed E-state index contributed by atoms with van der Waals surface area (Å²) < 4.78 is 25.8. The van der Waals surface area contributed by atoms with E-state index in [-0.39, 0.29) is 0 Å². The van der Waals surface area contributed by atoms with Gasteiger partial charge in [0.1, 0.15) is 36.6 Å². The van der Waals surface area contributed by atoms with Gasteiger partial charge in [0.2, 0.25) is 0 Å². The Labute approximate surface area is 229 Å². The van der Waals surface area contributed by atoms with E-state index in [1.807, 2.05) is 55.6 Å². The molecular weight excluding hydrogens is 507 g/mol. The van der Waals surface area contributed by atoms with Crippen LogP contribution in [-0.4, -0.2) is 40.0 Å². The lowest BCUT2D eigenvalue weighted by Gasteiger charge is -2.14. The molecule has 5 aromatic rings. The summed E-state index contributed by atoms with van der Waals surface area (Å²) >= 11 is 0. The minimum Gasteiger partial charge on any atom is -0.497 e.